The lowest BCUT2D eigenvalue weighted by molar-refractivity contribution is 0.537. The molecule has 1 aliphatic heterocycles. The number of benzene rings is 2. The number of hydrogen-bond donors (Lipinski definition) is 1. The number of aromatic nitrogens is 2. The maximum atomic E-state index is 13.3. The zero-order valence-electron chi connectivity index (χ0n) is 12.8. The van der Waals surface area contributed by atoms with Gasteiger partial charge in [-0.3, -0.25) is 9.59 Å². The van der Waals surface area contributed by atoms with Crippen LogP contribution in [0.15, 0.2) is 63.7 Å². The van der Waals surface area contributed by atoms with Crippen molar-refractivity contribution in [3.05, 3.63) is 86.2 Å². The summed E-state index contributed by atoms with van der Waals surface area (Å²) in [5, 5.41) is 9.99. The molecule has 2 N–H and O–H groups in total. The van der Waals surface area contributed by atoms with Crippen LogP contribution in [0, 0.1) is 17.1 Å². The van der Waals surface area contributed by atoms with Crippen LogP contribution in [0.5, 0.6) is 0 Å². The van der Waals surface area contributed by atoms with E-state index in [9.17, 15) is 19.2 Å². The maximum Gasteiger partial charge on any atom is 0.279 e. The monoisotopic (exact) mass is 334 g/mol. The molecule has 6 nitrogen and oxygen atoms in total. The summed E-state index contributed by atoms with van der Waals surface area (Å²) in [7, 11) is 0. The quantitative estimate of drug-likeness (QED) is 0.731. The number of nitriles is 1. The second-order valence-corrected chi connectivity index (χ2v) is 5.68. The van der Waals surface area contributed by atoms with E-state index in [-0.39, 0.29) is 22.2 Å². The normalized spacial score (nSPS) is 16.1. The molecule has 0 amide bonds. The number of allylic oxidation sites excluding steroid dienone is 1. The van der Waals surface area contributed by atoms with E-state index in [1.807, 2.05) is 6.07 Å². The van der Waals surface area contributed by atoms with Gasteiger partial charge in [0.05, 0.1) is 10.8 Å². The molecule has 1 atom stereocenters. The number of nitrogens with zero attached hydrogens (tertiary/aromatic N) is 3. The first kappa shape index (κ1) is 14.9. The Hall–Kier alpha value is -3.66. The zero-order chi connectivity index (χ0) is 17.7. The van der Waals surface area contributed by atoms with Crippen molar-refractivity contribution in [2.75, 3.05) is 0 Å². The standard InChI is InChI=1S/C18H11FN4O2/c19-11-7-5-10(6-8-11)15-14(9-20)16(21)23-18(25)13-4-2-1-3-12(13)17(24)22(15)23/h1-8,15H,21H2. The summed E-state index contributed by atoms with van der Waals surface area (Å²) in [6.07, 6.45) is 0. The van der Waals surface area contributed by atoms with Gasteiger partial charge in [-0.1, -0.05) is 24.3 Å². The number of nitrogens with two attached hydrogens (primary N) is 1. The maximum absolute atomic E-state index is 13.3. The van der Waals surface area contributed by atoms with Crippen molar-refractivity contribution in [1.29, 1.82) is 5.26 Å². The Morgan fingerprint density at radius 1 is 1.00 bits per heavy atom. The molecule has 1 unspecified atom stereocenters. The summed E-state index contributed by atoms with van der Waals surface area (Å²) >= 11 is 0. The van der Waals surface area contributed by atoms with Crippen LogP contribution in [0.3, 0.4) is 0 Å². The first-order valence-corrected chi connectivity index (χ1v) is 7.46. The van der Waals surface area contributed by atoms with Gasteiger partial charge in [-0.15, -0.1) is 0 Å². The molecule has 0 radical (unpaired) electrons. The highest BCUT2D eigenvalue weighted by atomic mass is 19.1. The molecule has 0 bridgehead atoms. The summed E-state index contributed by atoms with van der Waals surface area (Å²) in [5.74, 6) is -0.537. The molecule has 0 fully saturated rings. The minimum atomic E-state index is -0.879. The molecule has 1 aliphatic rings. The lowest BCUT2D eigenvalue weighted by atomic mass is 10.0. The zero-order valence-corrected chi connectivity index (χ0v) is 12.8. The van der Waals surface area contributed by atoms with Gasteiger partial charge in [-0.2, -0.15) is 9.94 Å². The molecule has 25 heavy (non-hydrogen) atoms. The molecular weight excluding hydrogens is 323 g/mol. The summed E-state index contributed by atoms with van der Waals surface area (Å²) in [4.78, 5) is 25.8. The number of halogens is 1. The summed E-state index contributed by atoms with van der Waals surface area (Å²) in [5.41, 5.74) is 5.64. The van der Waals surface area contributed by atoms with Crippen LogP contribution >= 0.6 is 0 Å². The van der Waals surface area contributed by atoms with Gasteiger partial charge in [0.15, 0.2) is 0 Å². The fraction of sp³-hybridized carbons (Fsp3) is 0.0556. The highest BCUT2D eigenvalue weighted by Crippen LogP contribution is 2.32. The third-order valence-corrected chi connectivity index (χ3v) is 4.33. The molecule has 2 aromatic carbocycles. The molecule has 7 heteroatoms. The van der Waals surface area contributed by atoms with Gasteiger partial charge >= 0.3 is 0 Å². The van der Waals surface area contributed by atoms with Gasteiger partial charge in [-0.05, 0) is 29.8 Å². The van der Waals surface area contributed by atoms with Gasteiger partial charge in [0.25, 0.3) is 11.1 Å². The molecule has 0 saturated carbocycles. The smallest absolute Gasteiger partial charge is 0.279 e. The molecule has 3 aromatic rings. The van der Waals surface area contributed by atoms with Gasteiger partial charge < -0.3 is 5.73 Å². The van der Waals surface area contributed by atoms with E-state index in [0.717, 1.165) is 9.36 Å². The topological polar surface area (TPSA) is 93.8 Å². The summed E-state index contributed by atoms with van der Waals surface area (Å²) < 4.78 is 15.4. The summed E-state index contributed by atoms with van der Waals surface area (Å²) in [6.45, 7) is 0. The fourth-order valence-corrected chi connectivity index (χ4v) is 3.19. The van der Waals surface area contributed by atoms with Crippen LogP contribution in [0.1, 0.15) is 11.6 Å². The lowest BCUT2D eigenvalue weighted by Crippen LogP contribution is -2.38. The number of fused-ring (bicyclic) bond motifs is 2. The first-order chi connectivity index (χ1) is 12.0. The third-order valence-electron chi connectivity index (χ3n) is 4.33. The molecule has 0 aliphatic carbocycles. The van der Waals surface area contributed by atoms with E-state index in [1.54, 1.807) is 18.2 Å². The Balaban J connectivity index is 2.15. The largest absolute Gasteiger partial charge is 0.383 e. The van der Waals surface area contributed by atoms with Crippen LogP contribution in [0.4, 0.5) is 4.39 Å². The predicted octanol–water partition coefficient (Wildman–Crippen LogP) is 1.56. The Bertz CT molecular complexity index is 1210. The van der Waals surface area contributed by atoms with E-state index in [2.05, 4.69) is 0 Å². The van der Waals surface area contributed by atoms with Gasteiger partial charge in [0.1, 0.15) is 29.3 Å². The van der Waals surface area contributed by atoms with Crippen molar-refractivity contribution in [2.45, 2.75) is 6.04 Å². The summed E-state index contributed by atoms with van der Waals surface area (Å²) in [6, 6.07) is 12.9. The Morgan fingerprint density at radius 3 is 2.20 bits per heavy atom. The van der Waals surface area contributed by atoms with Crippen molar-refractivity contribution < 1.29 is 4.39 Å². The van der Waals surface area contributed by atoms with Crippen molar-refractivity contribution in [1.82, 2.24) is 9.36 Å². The molecule has 4 rings (SSSR count). The Morgan fingerprint density at radius 2 is 1.60 bits per heavy atom. The average molecular weight is 334 g/mol. The van der Waals surface area contributed by atoms with Crippen LogP contribution in [0.2, 0.25) is 0 Å². The van der Waals surface area contributed by atoms with E-state index < -0.39 is 23.0 Å². The Kier molecular flexibility index (Phi) is 3.09. The molecule has 0 saturated heterocycles. The SMILES string of the molecule is N#CC1=C(N)n2c(=O)c3ccccc3c(=O)n2C1c1ccc(F)cc1. The van der Waals surface area contributed by atoms with E-state index in [1.165, 1.54) is 30.3 Å². The third kappa shape index (κ3) is 1.94. The van der Waals surface area contributed by atoms with Crippen LogP contribution in [0.25, 0.3) is 16.6 Å². The van der Waals surface area contributed by atoms with Crippen LogP contribution in [-0.4, -0.2) is 9.36 Å². The highest BCUT2D eigenvalue weighted by Gasteiger charge is 2.34. The predicted molar refractivity (Wildman–Crippen MR) is 90.0 cm³/mol. The molecule has 1 aromatic heterocycles. The van der Waals surface area contributed by atoms with Crippen molar-refractivity contribution in [2.24, 2.45) is 5.73 Å². The van der Waals surface area contributed by atoms with Gasteiger partial charge in [-0.25, -0.2) is 9.07 Å². The highest BCUT2D eigenvalue weighted by molar-refractivity contribution is 5.81. The molecule has 2 heterocycles. The van der Waals surface area contributed by atoms with Gasteiger partial charge in [0.2, 0.25) is 0 Å². The molecule has 0 spiro atoms. The number of rotatable bonds is 1. The van der Waals surface area contributed by atoms with E-state index in [4.69, 9.17) is 5.73 Å². The minimum absolute atomic E-state index is 0.0705. The van der Waals surface area contributed by atoms with Crippen LogP contribution in [-0.2, 0) is 0 Å². The second kappa shape index (κ2) is 5.18. The first-order valence-electron chi connectivity index (χ1n) is 7.46. The Labute approximate surface area is 140 Å². The van der Waals surface area contributed by atoms with E-state index in [0.29, 0.717) is 5.56 Å². The minimum Gasteiger partial charge on any atom is -0.383 e. The van der Waals surface area contributed by atoms with Crippen molar-refractivity contribution in [3.63, 3.8) is 0 Å². The van der Waals surface area contributed by atoms with Gasteiger partial charge in [0, 0.05) is 0 Å². The molecule has 122 valence electrons. The van der Waals surface area contributed by atoms with Crippen LogP contribution < -0.4 is 16.9 Å². The van der Waals surface area contributed by atoms with E-state index >= 15 is 0 Å². The van der Waals surface area contributed by atoms with Crippen molar-refractivity contribution >= 4 is 16.6 Å². The average Bonchev–Trinajstić information content (AvgIpc) is 2.93. The van der Waals surface area contributed by atoms with Crippen molar-refractivity contribution in [3.8, 4) is 6.07 Å². The number of hydrogen-bond acceptors (Lipinski definition) is 4. The molecular formula is C18H11FN4O2. The lowest BCUT2D eigenvalue weighted by Gasteiger charge is -2.16. The fourth-order valence-electron chi connectivity index (χ4n) is 3.19. The second-order valence-electron chi connectivity index (χ2n) is 5.68.